The van der Waals surface area contributed by atoms with Gasteiger partial charge in [-0.15, -0.1) is 57.8 Å². The van der Waals surface area contributed by atoms with Crippen molar-refractivity contribution in [2.75, 3.05) is 39.3 Å². The van der Waals surface area contributed by atoms with Crippen molar-refractivity contribution in [3.05, 3.63) is 296 Å². The number of nitrogens with zero attached hydrogens (tertiary/aromatic N) is 3. The maximum Gasteiger partial charge on any atom is 3.00 e. The van der Waals surface area contributed by atoms with Gasteiger partial charge in [0.15, 0.2) is 6.58 Å². The van der Waals surface area contributed by atoms with Gasteiger partial charge in [0.05, 0.1) is 28.5 Å². The van der Waals surface area contributed by atoms with E-state index in [9.17, 15) is 28.8 Å². The number of rotatable bonds is 14. The minimum absolute atomic E-state index is 0. The SMILES string of the molecule is Brc1ccccc1.C[Si](C)(C)CCc1ccoc1[C-]=O.C[Si](C)(C)c1ccoc1[C-]=O.O=C(c1ccc(-c2ccccc2)s1)N1CCCCC1.O=C(c1cccs1)N1CCCCC1.O=C(c1sc(-c2ccccc2)cc1-c1ccccc1)N1CCCCC1.O=[C-]c1ccco1.[CH+]=C[Si](C)(C)C.[CH2-]CC.[CH2-]CC.[CH2-]CC.[CH2-]CC.[CH2-]CC.[CH2-]CC.[Ni+3].[Ni+3].[Ni+3]. The van der Waals surface area contributed by atoms with Gasteiger partial charge in [-0.05, 0) is 130 Å². The Labute approximate surface area is 791 Å². The fraction of sp³-hybridized carbons (Fsp3) is 0.380. The fourth-order valence-corrected chi connectivity index (χ4v) is 15.9. The molecule has 0 aliphatic carbocycles. The van der Waals surface area contributed by atoms with Crippen LogP contribution in [0.5, 0.6) is 0 Å². The molecule has 0 bridgehead atoms. The normalized spacial score (nSPS) is 11.9. The number of halogens is 1. The number of furan rings is 3. The second-order valence-electron chi connectivity index (χ2n) is 30.5. The predicted octanol–water partition coefficient (Wildman–Crippen LogP) is 28.4. The Morgan fingerprint density at radius 3 is 1.18 bits per heavy atom. The summed E-state index contributed by atoms with van der Waals surface area (Å²) in [5.41, 5.74) is 7.35. The topological polar surface area (TPSA) is 152 Å². The first-order valence-corrected chi connectivity index (χ1v) is 55.8. The van der Waals surface area contributed by atoms with Crippen LogP contribution in [0.25, 0.3) is 32.0 Å². The number of thiophene rings is 3. The Balaban J connectivity index is -0.000000652. The number of hydrogen-bond acceptors (Lipinski definition) is 12. The van der Waals surface area contributed by atoms with Crippen molar-refractivity contribution in [2.45, 2.75) is 209 Å². The first-order valence-electron chi connectivity index (χ1n) is 41.7. The molecule has 0 unspecified atom stereocenters. The zero-order chi connectivity index (χ0) is 89.3. The molecule has 0 atom stereocenters. The number of carbonyl (C=O) groups is 3. The number of carbonyl (C=O) groups excluding carboxylic acids is 6. The van der Waals surface area contributed by atoms with Crippen molar-refractivity contribution < 1.29 is 91.5 Å². The minimum Gasteiger partial charge on any atom is -0.501 e. The number of likely N-dealkylation sites (tertiary alicyclic amines) is 3. The number of amides is 3. The predicted molar refractivity (Wildman–Crippen MR) is 524 cm³/mol. The van der Waals surface area contributed by atoms with Crippen molar-refractivity contribution in [3.63, 3.8) is 0 Å². The molecule has 0 N–H and O–H groups in total. The molecular formula is C100H138BrN3Ni3O9S3Si3+. The summed E-state index contributed by atoms with van der Waals surface area (Å²) in [7, 11) is -3.40. The van der Waals surface area contributed by atoms with Gasteiger partial charge in [-0.1, -0.05) is 244 Å². The molecule has 6 aromatic heterocycles. The standard InChI is InChI=1S/C22H21NOS.C16H17NOS.C10H13NOS.C10H15O2Si.C8H11O2Si.C6H5Br.C5H3O2.C5H11Si.6C3H7.3Ni/c24-22(23-14-8-3-9-15-23)21-19(17-10-4-1-5-11-17)16-20(25-21)18-12-6-2-7-13-18;18-16(17-11-5-2-6-12-17)15-10-9-14(19-15)13-7-3-1-4-8-13;12-10(9-5-4-8-13-9)11-6-2-1-3-7-11;1-13(2,3)7-5-9-4-6-12-10(9)8-11;1-11(2,3)8-4-5-10-7(8)6-9;7-6-4-2-1-3-5-6;6-4-5-2-1-3-7-5;1-5-6(2,3)4;6*1-3-2;;;/h1-2,4-7,10-13,16H,3,8-9,14-15H2;1,3-4,7-10H,2,5-6,11-12H2;4-5,8H,1-3,6-7H2;4,6H,5,7H2,1-3H3;4-5H,1-3H3;1-5H;1-3H;1,5H,2-4H3;6*1,3H2,2H3;;;/q;;;2*-1;;-1;+1;6*-1;3*+3. The summed E-state index contributed by atoms with van der Waals surface area (Å²) in [6.07, 6.45) is 27.3. The Hall–Kier alpha value is -6.50. The summed E-state index contributed by atoms with van der Waals surface area (Å²) in [6.45, 7) is 63.8. The van der Waals surface area contributed by atoms with Gasteiger partial charge in [0.1, 0.15) is 18.7 Å². The summed E-state index contributed by atoms with van der Waals surface area (Å²) in [4.78, 5) is 78.7. The van der Waals surface area contributed by atoms with Gasteiger partial charge in [-0.25, -0.2) is 0 Å². The minimum atomic E-state index is -1.40. The van der Waals surface area contributed by atoms with E-state index in [0.717, 1.165) is 169 Å². The molecule has 9 heterocycles. The van der Waals surface area contributed by atoms with Crippen LogP contribution < -0.4 is 5.19 Å². The number of hydrogen-bond donors (Lipinski definition) is 0. The van der Waals surface area contributed by atoms with E-state index in [4.69, 9.17) is 15.4 Å². The maximum atomic E-state index is 13.2. The zero-order valence-electron chi connectivity index (χ0n) is 75.3. The van der Waals surface area contributed by atoms with E-state index in [1.54, 1.807) is 59.9 Å². The Kier molecular flexibility index (Phi) is 74.6. The van der Waals surface area contributed by atoms with Crippen LogP contribution in [0.4, 0.5) is 0 Å². The van der Waals surface area contributed by atoms with E-state index in [-0.39, 0.29) is 73.0 Å². The van der Waals surface area contributed by atoms with Gasteiger partial charge in [0.25, 0.3) is 17.7 Å². The number of benzene rings is 4. The summed E-state index contributed by atoms with van der Waals surface area (Å²) < 4.78 is 15.6. The molecule has 13 rings (SSSR count). The fourth-order valence-electron chi connectivity index (χ4n) is 10.3. The van der Waals surface area contributed by atoms with E-state index >= 15 is 0 Å². The van der Waals surface area contributed by atoms with Crippen molar-refractivity contribution in [1.82, 2.24) is 14.7 Å². The molecule has 3 fully saturated rings. The van der Waals surface area contributed by atoms with E-state index in [1.807, 2.05) is 189 Å². The average molecular weight is 1960 g/mol. The monoisotopic (exact) mass is 1960 g/mol. The van der Waals surface area contributed by atoms with E-state index in [1.165, 1.54) is 58.9 Å². The molecule has 4 aromatic carbocycles. The van der Waals surface area contributed by atoms with Crippen LogP contribution in [-0.2, 0) is 70.3 Å². The third-order valence-electron chi connectivity index (χ3n) is 16.0. The van der Waals surface area contributed by atoms with E-state index in [0.29, 0.717) is 11.5 Å². The van der Waals surface area contributed by atoms with E-state index in [2.05, 4.69) is 169 Å². The molecule has 3 saturated heterocycles. The van der Waals surface area contributed by atoms with Gasteiger partial charge in [-0.3, -0.25) is 14.4 Å². The van der Waals surface area contributed by atoms with Crippen LogP contribution in [0.3, 0.4) is 0 Å². The van der Waals surface area contributed by atoms with Crippen molar-refractivity contribution in [2.24, 2.45) is 0 Å². The second-order valence-corrected chi connectivity index (χ2v) is 50.2. The molecule has 122 heavy (non-hydrogen) atoms. The third-order valence-corrected chi connectivity index (χ3v) is 24.5. The molecule has 673 valence electrons. The van der Waals surface area contributed by atoms with Crippen LogP contribution >= 0.6 is 49.9 Å². The van der Waals surface area contributed by atoms with Gasteiger partial charge in [0.2, 0.25) is 0 Å². The molecule has 3 radical (unpaired) electrons. The van der Waals surface area contributed by atoms with Gasteiger partial charge >= 0.3 is 49.5 Å². The maximum absolute atomic E-state index is 13.2. The van der Waals surface area contributed by atoms with Crippen LogP contribution in [-0.4, -0.2) is 115 Å². The first kappa shape index (κ1) is 122. The molecular weight excluding hydrogens is 1820 g/mol. The van der Waals surface area contributed by atoms with Crippen molar-refractivity contribution >= 4 is 116 Å². The molecule has 0 spiro atoms. The summed E-state index contributed by atoms with van der Waals surface area (Å²) in [5.74, 6) is 1.61. The molecule has 3 aliphatic rings. The largest absolute Gasteiger partial charge is 3.00 e. The summed E-state index contributed by atoms with van der Waals surface area (Å²) >= 11 is 8.06. The number of aryl methyl sites for hydroxylation is 1. The second kappa shape index (κ2) is 74.7. The third kappa shape index (κ3) is 55.1. The van der Waals surface area contributed by atoms with Crippen LogP contribution in [0.1, 0.15) is 190 Å². The Bertz CT molecular complexity index is 4130. The Morgan fingerprint density at radius 2 is 0.836 bits per heavy atom. The van der Waals surface area contributed by atoms with Gasteiger partial charge in [0, 0.05) is 97.5 Å². The van der Waals surface area contributed by atoms with Gasteiger partial charge < -0.3 is 83.9 Å². The molecule has 3 aliphatic heterocycles. The van der Waals surface area contributed by atoms with Crippen LogP contribution in [0, 0.1) is 48.1 Å². The molecule has 22 heteroatoms. The molecule has 0 saturated carbocycles. The molecule has 3 amide bonds. The summed E-state index contributed by atoms with van der Waals surface area (Å²) in [5, 5.41) is 3.00. The molecule has 12 nitrogen and oxygen atoms in total. The average Bonchev–Trinajstić information content (AvgIpc) is 1.64. The van der Waals surface area contributed by atoms with Crippen molar-refractivity contribution in [3.8, 4) is 32.0 Å². The van der Waals surface area contributed by atoms with Crippen LogP contribution in [0.15, 0.2) is 224 Å². The Morgan fingerprint density at radius 1 is 0.443 bits per heavy atom. The molecule has 10 aromatic rings. The zero-order valence-corrected chi connectivity index (χ0v) is 85.3. The first-order chi connectivity index (χ1) is 57.0. The van der Waals surface area contributed by atoms with Gasteiger partial charge in [-0.2, -0.15) is 49.8 Å². The summed E-state index contributed by atoms with van der Waals surface area (Å²) in [6, 6.07) is 58.9. The smallest absolute Gasteiger partial charge is 0.501 e. The van der Waals surface area contributed by atoms with Crippen LogP contribution in [0.2, 0.25) is 65.0 Å². The van der Waals surface area contributed by atoms with E-state index < -0.39 is 24.2 Å². The quantitative estimate of drug-likeness (QED) is 0.0765. The van der Waals surface area contributed by atoms with Crippen molar-refractivity contribution in [1.29, 1.82) is 0 Å². The number of piperidine rings is 3.